The highest BCUT2D eigenvalue weighted by atomic mass is 16.5. The highest BCUT2D eigenvalue weighted by Crippen LogP contribution is 2.13. The molecule has 0 unspecified atom stereocenters. The quantitative estimate of drug-likeness (QED) is 0.460. The van der Waals surface area contributed by atoms with Crippen molar-refractivity contribution >= 4 is 23.3 Å². The van der Waals surface area contributed by atoms with Crippen LogP contribution < -0.4 is 11.1 Å². The second-order valence-electron chi connectivity index (χ2n) is 5.18. The van der Waals surface area contributed by atoms with Crippen molar-refractivity contribution in [2.45, 2.75) is 6.92 Å². The largest absolute Gasteiger partial charge is 0.459 e. The van der Waals surface area contributed by atoms with Crippen LogP contribution in [-0.4, -0.2) is 24.3 Å². The molecule has 26 heavy (non-hydrogen) atoms. The Labute approximate surface area is 148 Å². The van der Waals surface area contributed by atoms with Crippen molar-refractivity contribution in [2.24, 2.45) is 5.73 Å². The van der Waals surface area contributed by atoms with Gasteiger partial charge in [-0.1, -0.05) is 0 Å². The number of rotatable bonds is 6. The van der Waals surface area contributed by atoms with Crippen LogP contribution in [0.3, 0.4) is 0 Å². The standard InChI is InChI=1S/C18H15N3O5/c1-11(20)14(9-19)15(22)10-26-18(24)12-4-6-13(7-5-12)21-17(23)16-3-2-8-25-16/h2-8H,10,20H2,1H3,(H,21,23)/b14-11-. The Balaban J connectivity index is 1.94. The van der Waals surface area contributed by atoms with E-state index in [1.165, 1.54) is 43.5 Å². The molecule has 1 aromatic carbocycles. The summed E-state index contributed by atoms with van der Waals surface area (Å²) in [5.41, 5.74) is 5.86. The van der Waals surface area contributed by atoms with Crippen molar-refractivity contribution in [1.82, 2.24) is 0 Å². The highest BCUT2D eigenvalue weighted by molar-refractivity contribution is 6.03. The molecule has 0 aliphatic heterocycles. The lowest BCUT2D eigenvalue weighted by atomic mass is 10.1. The van der Waals surface area contributed by atoms with Crippen LogP contribution in [0.2, 0.25) is 0 Å². The Morgan fingerprint density at radius 2 is 1.92 bits per heavy atom. The van der Waals surface area contributed by atoms with E-state index in [0.717, 1.165) is 0 Å². The normalized spacial score (nSPS) is 11.1. The number of nitrogens with two attached hydrogens (primary N) is 1. The van der Waals surface area contributed by atoms with Crippen molar-refractivity contribution in [3.63, 3.8) is 0 Å². The van der Waals surface area contributed by atoms with Crippen LogP contribution in [0.4, 0.5) is 5.69 Å². The maximum absolute atomic E-state index is 11.9. The number of anilines is 1. The molecule has 0 spiro atoms. The second kappa shape index (κ2) is 8.30. The number of nitrogens with one attached hydrogen (secondary N) is 1. The number of carbonyl (C=O) groups excluding carboxylic acids is 3. The number of hydrogen-bond donors (Lipinski definition) is 2. The van der Waals surface area contributed by atoms with Crippen molar-refractivity contribution in [3.05, 3.63) is 65.3 Å². The number of benzene rings is 1. The van der Waals surface area contributed by atoms with Gasteiger partial charge in [-0.3, -0.25) is 9.59 Å². The number of amides is 1. The third-order valence-electron chi connectivity index (χ3n) is 3.24. The fraction of sp³-hybridized carbons (Fsp3) is 0.111. The van der Waals surface area contributed by atoms with Gasteiger partial charge in [0.2, 0.25) is 5.78 Å². The summed E-state index contributed by atoms with van der Waals surface area (Å²) in [7, 11) is 0. The van der Waals surface area contributed by atoms with E-state index >= 15 is 0 Å². The first-order valence-electron chi connectivity index (χ1n) is 7.44. The molecule has 0 bridgehead atoms. The second-order valence-corrected chi connectivity index (χ2v) is 5.18. The number of nitrogens with zero attached hydrogens (tertiary/aromatic N) is 1. The SMILES string of the molecule is C/C(N)=C(\C#N)C(=O)COC(=O)c1ccc(NC(=O)c2ccco2)cc1. The number of Topliss-reactive ketones (excluding diaryl/α,β-unsaturated/α-hetero) is 1. The summed E-state index contributed by atoms with van der Waals surface area (Å²) in [4.78, 5) is 35.5. The fourth-order valence-electron chi connectivity index (χ4n) is 1.95. The van der Waals surface area contributed by atoms with Crippen LogP contribution in [0, 0.1) is 11.3 Å². The number of carbonyl (C=O) groups is 3. The molecule has 0 saturated carbocycles. The van der Waals surface area contributed by atoms with Gasteiger partial charge in [-0.15, -0.1) is 0 Å². The summed E-state index contributed by atoms with van der Waals surface area (Å²) < 4.78 is 9.85. The molecule has 1 aromatic heterocycles. The van der Waals surface area contributed by atoms with Gasteiger partial charge in [-0.25, -0.2) is 4.79 Å². The Bertz CT molecular complexity index is 886. The summed E-state index contributed by atoms with van der Waals surface area (Å²) >= 11 is 0. The van der Waals surface area contributed by atoms with Crippen molar-refractivity contribution in [1.29, 1.82) is 5.26 Å². The van der Waals surface area contributed by atoms with Gasteiger partial charge in [0.15, 0.2) is 12.4 Å². The Kier molecular flexibility index (Phi) is 5.90. The predicted octanol–water partition coefficient (Wildman–Crippen LogP) is 2.01. The van der Waals surface area contributed by atoms with Crippen molar-refractivity contribution in [3.8, 4) is 6.07 Å². The van der Waals surface area contributed by atoms with Gasteiger partial charge in [0.05, 0.1) is 11.8 Å². The van der Waals surface area contributed by atoms with E-state index in [1.807, 2.05) is 0 Å². The molecular formula is C18H15N3O5. The number of ether oxygens (including phenoxy) is 1. The zero-order valence-electron chi connectivity index (χ0n) is 13.8. The predicted molar refractivity (Wildman–Crippen MR) is 90.9 cm³/mol. The summed E-state index contributed by atoms with van der Waals surface area (Å²) in [6.45, 7) is 0.821. The zero-order chi connectivity index (χ0) is 19.1. The number of esters is 1. The van der Waals surface area contributed by atoms with E-state index in [1.54, 1.807) is 12.1 Å². The van der Waals surface area contributed by atoms with Crippen LogP contribution in [0.25, 0.3) is 0 Å². The van der Waals surface area contributed by atoms with Crippen LogP contribution in [0.5, 0.6) is 0 Å². The number of furan rings is 1. The minimum Gasteiger partial charge on any atom is -0.459 e. The van der Waals surface area contributed by atoms with E-state index < -0.39 is 24.3 Å². The maximum atomic E-state index is 11.9. The summed E-state index contributed by atoms with van der Waals surface area (Å²) in [5, 5.41) is 11.4. The molecule has 2 aromatic rings. The lowest BCUT2D eigenvalue weighted by Gasteiger charge is -2.06. The lowest BCUT2D eigenvalue weighted by molar-refractivity contribution is -0.118. The third kappa shape index (κ3) is 4.58. The van der Waals surface area contributed by atoms with Crippen molar-refractivity contribution in [2.75, 3.05) is 11.9 Å². The van der Waals surface area contributed by atoms with Gasteiger partial charge in [0.1, 0.15) is 11.6 Å². The van der Waals surface area contributed by atoms with E-state index in [-0.39, 0.29) is 22.6 Å². The van der Waals surface area contributed by atoms with Gasteiger partial charge >= 0.3 is 5.97 Å². The summed E-state index contributed by atoms with van der Waals surface area (Å²) in [6, 6.07) is 10.6. The van der Waals surface area contributed by atoms with E-state index in [4.69, 9.17) is 20.1 Å². The van der Waals surface area contributed by atoms with E-state index in [9.17, 15) is 14.4 Å². The monoisotopic (exact) mass is 353 g/mol. The third-order valence-corrected chi connectivity index (χ3v) is 3.24. The number of allylic oxidation sites excluding steroid dienone is 1. The van der Waals surface area contributed by atoms with E-state index in [0.29, 0.717) is 5.69 Å². The van der Waals surface area contributed by atoms with Gasteiger partial charge in [-0.05, 0) is 43.3 Å². The Morgan fingerprint density at radius 1 is 1.23 bits per heavy atom. The molecule has 3 N–H and O–H groups in total. The number of hydrogen-bond acceptors (Lipinski definition) is 7. The maximum Gasteiger partial charge on any atom is 0.338 e. The van der Waals surface area contributed by atoms with Gasteiger partial charge in [-0.2, -0.15) is 5.26 Å². The highest BCUT2D eigenvalue weighted by Gasteiger charge is 2.15. The first-order valence-corrected chi connectivity index (χ1v) is 7.44. The topological polar surface area (TPSA) is 135 Å². The molecule has 132 valence electrons. The Hall–Kier alpha value is -3.86. The van der Waals surface area contributed by atoms with Crippen LogP contribution >= 0.6 is 0 Å². The molecule has 0 radical (unpaired) electrons. The minimum absolute atomic E-state index is 0.0604. The molecule has 0 aliphatic carbocycles. The minimum atomic E-state index is -0.741. The lowest BCUT2D eigenvalue weighted by Crippen LogP contribution is -2.17. The molecule has 1 heterocycles. The number of ketones is 1. The molecule has 0 aliphatic rings. The molecule has 2 rings (SSSR count). The van der Waals surface area contributed by atoms with Crippen LogP contribution in [0.1, 0.15) is 27.8 Å². The fourth-order valence-corrected chi connectivity index (χ4v) is 1.95. The van der Waals surface area contributed by atoms with E-state index in [2.05, 4.69) is 5.32 Å². The summed E-state index contributed by atoms with van der Waals surface area (Å²) in [6.07, 6.45) is 1.38. The zero-order valence-corrected chi connectivity index (χ0v) is 13.8. The van der Waals surface area contributed by atoms with Gasteiger partial charge in [0, 0.05) is 11.4 Å². The van der Waals surface area contributed by atoms with Crippen molar-refractivity contribution < 1.29 is 23.5 Å². The first-order chi connectivity index (χ1) is 12.4. The molecule has 1 amide bonds. The molecular weight excluding hydrogens is 338 g/mol. The Morgan fingerprint density at radius 3 is 2.46 bits per heavy atom. The summed E-state index contributed by atoms with van der Waals surface area (Å²) in [5.74, 6) is -1.69. The molecule has 8 heteroatoms. The van der Waals surface area contributed by atoms with Crippen LogP contribution in [-0.2, 0) is 9.53 Å². The smallest absolute Gasteiger partial charge is 0.338 e. The molecule has 0 atom stereocenters. The number of nitriles is 1. The average Bonchev–Trinajstić information content (AvgIpc) is 3.15. The molecule has 8 nitrogen and oxygen atoms in total. The molecule has 0 saturated heterocycles. The molecule has 0 fully saturated rings. The first kappa shape index (κ1) is 18.5. The van der Waals surface area contributed by atoms with Crippen LogP contribution in [0.15, 0.2) is 58.3 Å². The average molecular weight is 353 g/mol. The van der Waals surface area contributed by atoms with Gasteiger partial charge in [0.25, 0.3) is 5.91 Å². The van der Waals surface area contributed by atoms with Gasteiger partial charge < -0.3 is 20.2 Å².